The predicted molar refractivity (Wildman–Crippen MR) is 71.1 cm³/mol. The summed E-state index contributed by atoms with van der Waals surface area (Å²) < 4.78 is 18.5. The molecule has 1 heterocycles. The molecule has 0 fully saturated rings. The average Bonchev–Trinajstić information content (AvgIpc) is 2.82. The van der Waals surface area contributed by atoms with Crippen LogP contribution in [0.2, 0.25) is 0 Å². The van der Waals surface area contributed by atoms with Gasteiger partial charge in [-0.3, -0.25) is 0 Å². The van der Waals surface area contributed by atoms with Crippen molar-refractivity contribution in [2.75, 3.05) is 0 Å². The molecule has 0 aliphatic heterocycles. The number of halogens is 1. The van der Waals surface area contributed by atoms with Crippen LogP contribution >= 0.6 is 0 Å². The van der Waals surface area contributed by atoms with Gasteiger partial charge in [0.25, 0.3) is 0 Å². The molecular weight excluding hydrogens is 245 g/mol. The zero-order valence-corrected chi connectivity index (χ0v) is 11.4. The summed E-state index contributed by atoms with van der Waals surface area (Å²) in [6.07, 6.45) is 0.835. The molecule has 4 nitrogen and oxygen atoms in total. The molecule has 1 aromatic carbocycles. The maximum atomic E-state index is 13.2. The lowest BCUT2D eigenvalue weighted by molar-refractivity contribution is 0.334. The van der Waals surface area contributed by atoms with Crippen molar-refractivity contribution in [1.29, 1.82) is 0 Å². The first kappa shape index (κ1) is 13.7. The van der Waals surface area contributed by atoms with Crippen LogP contribution in [0.25, 0.3) is 11.4 Å². The minimum atomic E-state index is -0.241. The first-order valence-corrected chi connectivity index (χ1v) is 6.38. The summed E-state index contributed by atoms with van der Waals surface area (Å²) in [6, 6.07) is 4.71. The van der Waals surface area contributed by atoms with Crippen LogP contribution in [0.3, 0.4) is 0 Å². The van der Waals surface area contributed by atoms with E-state index in [0.717, 1.165) is 12.0 Å². The summed E-state index contributed by atoms with van der Waals surface area (Å²) in [6.45, 7) is 5.65. The Hall–Kier alpha value is -1.75. The third-order valence-electron chi connectivity index (χ3n) is 3.25. The summed E-state index contributed by atoms with van der Waals surface area (Å²) in [5.74, 6) is 0.809. The highest BCUT2D eigenvalue weighted by Gasteiger charge is 2.21. The van der Waals surface area contributed by atoms with E-state index in [-0.39, 0.29) is 17.8 Å². The van der Waals surface area contributed by atoms with Crippen molar-refractivity contribution in [1.82, 2.24) is 10.1 Å². The Labute approximate surface area is 111 Å². The molecule has 0 radical (unpaired) electrons. The molecule has 5 heteroatoms. The Balaban J connectivity index is 2.32. The molecule has 19 heavy (non-hydrogen) atoms. The van der Waals surface area contributed by atoms with Gasteiger partial charge >= 0.3 is 0 Å². The molecule has 2 unspecified atom stereocenters. The van der Waals surface area contributed by atoms with E-state index in [1.807, 2.05) is 13.8 Å². The highest BCUT2D eigenvalue weighted by Crippen LogP contribution is 2.24. The van der Waals surface area contributed by atoms with Crippen LogP contribution in [0.1, 0.15) is 37.6 Å². The monoisotopic (exact) mass is 263 g/mol. The number of benzene rings is 1. The van der Waals surface area contributed by atoms with Crippen LogP contribution in [0, 0.1) is 12.7 Å². The molecule has 2 rings (SSSR count). The molecule has 0 saturated carbocycles. The molecule has 2 atom stereocenters. The third-order valence-corrected chi connectivity index (χ3v) is 3.25. The van der Waals surface area contributed by atoms with Crippen molar-refractivity contribution in [3.63, 3.8) is 0 Å². The molecule has 0 aliphatic carbocycles. The average molecular weight is 263 g/mol. The molecule has 0 spiro atoms. The molecule has 0 saturated heterocycles. The second-order valence-electron chi connectivity index (χ2n) is 4.79. The van der Waals surface area contributed by atoms with Crippen LogP contribution in [-0.2, 0) is 0 Å². The fourth-order valence-electron chi connectivity index (χ4n) is 2.06. The second kappa shape index (κ2) is 5.48. The van der Waals surface area contributed by atoms with Gasteiger partial charge in [0.1, 0.15) is 5.82 Å². The summed E-state index contributed by atoms with van der Waals surface area (Å²) in [7, 11) is 0. The van der Waals surface area contributed by atoms with Crippen LogP contribution in [0.4, 0.5) is 4.39 Å². The maximum absolute atomic E-state index is 13.2. The highest BCUT2D eigenvalue weighted by molar-refractivity contribution is 5.55. The Morgan fingerprint density at radius 2 is 2.16 bits per heavy atom. The Kier molecular flexibility index (Phi) is 3.95. The fraction of sp³-hybridized carbons (Fsp3) is 0.429. The van der Waals surface area contributed by atoms with Crippen molar-refractivity contribution in [3.8, 4) is 11.4 Å². The Morgan fingerprint density at radius 3 is 2.74 bits per heavy atom. The van der Waals surface area contributed by atoms with Gasteiger partial charge < -0.3 is 10.3 Å². The number of aryl methyl sites for hydroxylation is 1. The van der Waals surface area contributed by atoms with Gasteiger partial charge in [-0.1, -0.05) is 12.1 Å². The first-order valence-electron chi connectivity index (χ1n) is 6.38. The van der Waals surface area contributed by atoms with E-state index < -0.39 is 0 Å². The van der Waals surface area contributed by atoms with Crippen molar-refractivity contribution in [2.45, 2.75) is 39.2 Å². The molecule has 0 aliphatic rings. The summed E-state index contributed by atoms with van der Waals surface area (Å²) in [5.41, 5.74) is 7.20. The van der Waals surface area contributed by atoms with Gasteiger partial charge in [0.15, 0.2) is 0 Å². The minimum absolute atomic E-state index is 0.0443. The fourth-order valence-corrected chi connectivity index (χ4v) is 2.06. The molecule has 102 valence electrons. The van der Waals surface area contributed by atoms with Crippen LogP contribution < -0.4 is 5.73 Å². The van der Waals surface area contributed by atoms with Gasteiger partial charge in [-0.05, 0) is 44.0 Å². The molecular formula is C14H18FN3O. The van der Waals surface area contributed by atoms with Crippen molar-refractivity contribution in [3.05, 3.63) is 35.5 Å². The maximum Gasteiger partial charge on any atom is 0.231 e. The van der Waals surface area contributed by atoms with Crippen LogP contribution in [-0.4, -0.2) is 16.2 Å². The quantitative estimate of drug-likeness (QED) is 0.920. The van der Waals surface area contributed by atoms with Crippen molar-refractivity contribution < 1.29 is 8.91 Å². The van der Waals surface area contributed by atoms with E-state index in [1.165, 1.54) is 6.07 Å². The Bertz CT molecular complexity index is 566. The highest BCUT2D eigenvalue weighted by atomic mass is 19.1. The number of nitrogens with two attached hydrogens (primary N) is 1. The van der Waals surface area contributed by atoms with Crippen molar-refractivity contribution in [2.24, 2.45) is 5.73 Å². The van der Waals surface area contributed by atoms with E-state index >= 15 is 0 Å². The summed E-state index contributed by atoms with van der Waals surface area (Å²) in [5, 5.41) is 3.94. The van der Waals surface area contributed by atoms with Gasteiger partial charge in [-0.15, -0.1) is 0 Å². The molecule has 0 bridgehead atoms. The van der Waals surface area contributed by atoms with Gasteiger partial charge in [0.2, 0.25) is 11.7 Å². The van der Waals surface area contributed by atoms with E-state index in [1.54, 1.807) is 19.1 Å². The number of hydrogen-bond donors (Lipinski definition) is 1. The van der Waals surface area contributed by atoms with Crippen LogP contribution in [0.5, 0.6) is 0 Å². The zero-order valence-electron chi connectivity index (χ0n) is 11.4. The molecule has 1 aromatic heterocycles. The van der Waals surface area contributed by atoms with E-state index in [4.69, 9.17) is 10.3 Å². The largest absolute Gasteiger partial charge is 0.339 e. The van der Waals surface area contributed by atoms with E-state index in [2.05, 4.69) is 10.1 Å². The molecule has 2 N–H and O–H groups in total. The van der Waals surface area contributed by atoms with Gasteiger partial charge in [-0.25, -0.2) is 4.39 Å². The number of aromatic nitrogens is 2. The Morgan fingerprint density at radius 1 is 1.42 bits per heavy atom. The molecule has 2 aromatic rings. The topological polar surface area (TPSA) is 64.9 Å². The van der Waals surface area contributed by atoms with Crippen LogP contribution in [0.15, 0.2) is 22.7 Å². The van der Waals surface area contributed by atoms with Gasteiger partial charge in [0, 0.05) is 11.6 Å². The number of nitrogens with zero attached hydrogens (tertiary/aromatic N) is 2. The zero-order chi connectivity index (χ0) is 14.0. The lowest BCUT2D eigenvalue weighted by atomic mass is 9.99. The third kappa shape index (κ3) is 2.81. The minimum Gasteiger partial charge on any atom is -0.339 e. The van der Waals surface area contributed by atoms with Gasteiger partial charge in [-0.2, -0.15) is 4.98 Å². The summed E-state index contributed by atoms with van der Waals surface area (Å²) >= 11 is 0. The first-order chi connectivity index (χ1) is 9.02. The normalized spacial score (nSPS) is 14.4. The lowest BCUT2D eigenvalue weighted by Gasteiger charge is -2.13. The van der Waals surface area contributed by atoms with Gasteiger partial charge in [0.05, 0.1) is 5.92 Å². The standard InChI is InChI=1S/C14H18FN3O/c1-4-11(9(3)16)14-17-13(18-19-14)10-5-6-12(15)8(2)7-10/h5-7,9,11H,4,16H2,1-3H3. The van der Waals surface area contributed by atoms with E-state index in [9.17, 15) is 4.39 Å². The lowest BCUT2D eigenvalue weighted by Crippen LogP contribution is -2.24. The smallest absolute Gasteiger partial charge is 0.231 e. The SMILES string of the molecule is CCC(c1nc(-c2ccc(F)c(C)c2)no1)C(C)N. The van der Waals surface area contributed by atoms with E-state index in [0.29, 0.717) is 17.3 Å². The second-order valence-corrected chi connectivity index (χ2v) is 4.79. The predicted octanol–water partition coefficient (Wildman–Crippen LogP) is 3.02. The molecule has 0 amide bonds. The number of hydrogen-bond acceptors (Lipinski definition) is 4. The summed E-state index contributed by atoms with van der Waals surface area (Å²) in [4.78, 5) is 4.36. The van der Waals surface area contributed by atoms with Crippen molar-refractivity contribution >= 4 is 0 Å². The number of rotatable bonds is 4.